The molecule has 0 N–H and O–H groups in total. The maximum atomic E-state index is 4.39. The Balaban J connectivity index is 2.64. The van der Waals surface area contributed by atoms with Crippen LogP contribution in [0.3, 0.4) is 0 Å². The molecule has 0 unspecified atom stereocenters. The zero-order chi connectivity index (χ0) is 10.4. The third kappa shape index (κ3) is 1.18. The number of para-hydroxylation sites is 1. The van der Waals surface area contributed by atoms with Crippen LogP contribution in [-0.2, 0) is 7.05 Å². The van der Waals surface area contributed by atoms with E-state index in [1.165, 1.54) is 21.8 Å². The second-order valence-electron chi connectivity index (χ2n) is 3.78. The number of rotatable bonds is 0. The molecule has 2 heteroatoms. The summed E-state index contributed by atoms with van der Waals surface area (Å²) in [6, 6.07) is 14.7. The Kier molecular flexibility index (Phi) is 1.80. The number of thiol groups is 1. The molecule has 0 aliphatic carbocycles. The zero-order valence-corrected chi connectivity index (χ0v) is 9.33. The van der Waals surface area contributed by atoms with Crippen molar-refractivity contribution in [2.45, 2.75) is 4.90 Å². The van der Waals surface area contributed by atoms with Gasteiger partial charge in [-0.3, -0.25) is 0 Å². The van der Waals surface area contributed by atoms with Crippen molar-refractivity contribution in [1.82, 2.24) is 4.57 Å². The van der Waals surface area contributed by atoms with E-state index in [1.54, 1.807) is 0 Å². The Labute approximate surface area is 93.7 Å². The molecule has 74 valence electrons. The van der Waals surface area contributed by atoms with E-state index in [-0.39, 0.29) is 0 Å². The van der Waals surface area contributed by atoms with Crippen LogP contribution in [0.2, 0.25) is 0 Å². The van der Waals surface area contributed by atoms with Crippen molar-refractivity contribution >= 4 is 34.4 Å². The van der Waals surface area contributed by atoms with E-state index in [0.29, 0.717) is 0 Å². The fraction of sp³-hybridized carbons (Fsp3) is 0.0769. The molecule has 0 fully saturated rings. The summed E-state index contributed by atoms with van der Waals surface area (Å²) >= 11 is 4.39. The highest BCUT2D eigenvalue weighted by atomic mass is 32.1. The molecule has 2 aromatic carbocycles. The van der Waals surface area contributed by atoms with Crippen LogP contribution in [0.15, 0.2) is 47.4 Å². The Morgan fingerprint density at radius 1 is 0.933 bits per heavy atom. The second-order valence-corrected chi connectivity index (χ2v) is 4.29. The molecular weight excluding hydrogens is 202 g/mol. The molecule has 0 atom stereocenters. The molecule has 1 heterocycles. The van der Waals surface area contributed by atoms with Gasteiger partial charge in [-0.1, -0.05) is 18.2 Å². The largest absolute Gasteiger partial charge is 0.344 e. The summed E-state index contributed by atoms with van der Waals surface area (Å²) in [4.78, 5) is 1.01. The van der Waals surface area contributed by atoms with E-state index in [4.69, 9.17) is 0 Å². The molecule has 0 saturated heterocycles. The maximum Gasteiger partial charge on any atom is 0.0489 e. The summed E-state index contributed by atoms with van der Waals surface area (Å²) in [7, 11) is 2.10. The molecule has 15 heavy (non-hydrogen) atoms. The number of hydrogen-bond acceptors (Lipinski definition) is 1. The second kappa shape index (κ2) is 3.04. The normalized spacial score (nSPS) is 11.3. The van der Waals surface area contributed by atoms with Crippen molar-refractivity contribution in [1.29, 1.82) is 0 Å². The Morgan fingerprint density at radius 3 is 2.53 bits per heavy atom. The van der Waals surface area contributed by atoms with E-state index in [2.05, 4.69) is 60.6 Å². The highest BCUT2D eigenvalue weighted by Gasteiger charge is 2.06. The van der Waals surface area contributed by atoms with Gasteiger partial charge in [0.15, 0.2) is 0 Å². The standard InChI is InChI=1S/C13H11NS/c1-14-12-5-3-2-4-10(12)11-8-9(15)6-7-13(11)14/h2-8,15H,1H3. The summed E-state index contributed by atoms with van der Waals surface area (Å²) in [5.74, 6) is 0. The molecule has 0 aliphatic rings. The third-order valence-corrected chi connectivity index (χ3v) is 3.18. The lowest BCUT2D eigenvalue weighted by Gasteiger charge is -1.96. The first-order chi connectivity index (χ1) is 7.27. The van der Waals surface area contributed by atoms with Gasteiger partial charge in [0, 0.05) is 33.7 Å². The molecule has 1 nitrogen and oxygen atoms in total. The van der Waals surface area contributed by atoms with Crippen LogP contribution in [-0.4, -0.2) is 4.57 Å². The quantitative estimate of drug-likeness (QED) is 0.544. The fourth-order valence-corrected chi connectivity index (χ4v) is 2.36. The van der Waals surface area contributed by atoms with Crippen molar-refractivity contribution < 1.29 is 0 Å². The first-order valence-corrected chi connectivity index (χ1v) is 5.38. The number of aromatic nitrogens is 1. The fourth-order valence-electron chi connectivity index (χ4n) is 2.16. The van der Waals surface area contributed by atoms with Crippen LogP contribution < -0.4 is 0 Å². The first-order valence-electron chi connectivity index (χ1n) is 4.93. The summed E-state index contributed by atoms with van der Waals surface area (Å²) in [5.41, 5.74) is 2.53. The number of fused-ring (bicyclic) bond motifs is 3. The minimum atomic E-state index is 1.01. The number of aryl methyl sites for hydroxylation is 1. The van der Waals surface area contributed by atoms with Crippen LogP contribution in [0, 0.1) is 0 Å². The Bertz CT molecular complexity index is 652. The highest BCUT2D eigenvalue weighted by Crippen LogP contribution is 2.29. The van der Waals surface area contributed by atoms with Gasteiger partial charge in [-0.05, 0) is 24.3 Å². The number of hydrogen-bond donors (Lipinski definition) is 1. The van der Waals surface area contributed by atoms with E-state index in [1.807, 2.05) is 6.07 Å². The molecule has 0 aliphatic heterocycles. The molecule has 3 rings (SSSR count). The van der Waals surface area contributed by atoms with Crippen LogP contribution in [0.1, 0.15) is 0 Å². The molecule has 0 bridgehead atoms. The minimum absolute atomic E-state index is 1.01. The van der Waals surface area contributed by atoms with Crippen LogP contribution in [0.25, 0.3) is 21.8 Å². The third-order valence-electron chi connectivity index (χ3n) is 2.90. The summed E-state index contributed by atoms with van der Waals surface area (Å²) in [6.45, 7) is 0. The monoisotopic (exact) mass is 213 g/mol. The van der Waals surface area contributed by atoms with Gasteiger partial charge < -0.3 is 4.57 Å². The maximum absolute atomic E-state index is 4.39. The molecular formula is C13H11NS. The van der Waals surface area contributed by atoms with Crippen molar-refractivity contribution in [3.8, 4) is 0 Å². The lowest BCUT2D eigenvalue weighted by molar-refractivity contribution is 1.01. The topological polar surface area (TPSA) is 4.93 Å². The van der Waals surface area contributed by atoms with Gasteiger partial charge in [-0.15, -0.1) is 12.6 Å². The SMILES string of the molecule is Cn1c2ccccc2c2cc(S)ccc21. The lowest BCUT2D eigenvalue weighted by Crippen LogP contribution is -1.85. The van der Waals surface area contributed by atoms with Crippen molar-refractivity contribution in [3.05, 3.63) is 42.5 Å². The molecule has 0 radical (unpaired) electrons. The predicted octanol–water partition coefficient (Wildman–Crippen LogP) is 3.62. The highest BCUT2D eigenvalue weighted by molar-refractivity contribution is 7.80. The Morgan fingerprint density at radius 2 is 1.67 bits per heavy atom. The molecule has 0 saturated carbocycles. The van der Waals surface area contributed by atoms with Crippen LogP contribution in [0.4, 0.5) is 0 Å². The molecule has 3 aromatic rings. The predicted molar refractivity (Wildman–Crippen MR) is 67.7 cm³/mol. The molecule has 0 amide bonds. The van der Waals surface area contributed by atoms with Gasteiger partial charge >= 0.3 is 0 Å². The van der Waals surface area contributed by atoms with Gasteiger partial charge in [0.05, 0.1) is 0 Å². The van der Waals surface area contributed by atoms with Gasteiger partial charge in [-0.25, -0.2) is 0 Å². The first kappa shape index (κ1) is 8.86. The van der Waals surface area contributed by atoms with E-state index < -0.39 is 0 Å². The number of nitrogens with zero attached hydrogens (tertiary/aromatic N) is 1. The number of benzene rings is 2. The van der Waals surface area contributed by atoms with Gasteiger partial charge in [0.1, 0.15) is 0 Å². The van der Waals surface area contributed by atoms with Gasteiger partial charge in [0.25, 0.3) is 0 Å². The van der Waals surface area contributed by atoms with Crippen molar-refractivity contribution in [3.63, 3.8) is 0 Å². The lowest BCUT2D eigenvalue weighted by atomic mass is 10.1. The van der Waals surface area contributed by atoms with Crippen LogP contribution >= 0.6 is 12.6 Å². The zero-order valence-electron chi connectivity index (χ0n) is 8.44. The summed E-state index contributed by atoms with van der Waals surface area (Å²) in [6.07, 6.45) is 0. The summed E-state index contributed by atoms with van der Waals surface area (Å²) in [5, 5.41) is 2.58. The molecule has 0 spiro atoms. The van der Waals surface area contributed by atoms with E-state index in [0.717, 1.165) is 4.90 Å². The average Bonchev–Trinajstić information content (AvgIpc) is 2.54. The average molecular weight is 213 g/mol. The van der Waals surface area contributed by atoms with Crippen molar-refractivity contribution in [2.24, 2.45) is 7.05 Å². The Hall–Kier alpha value is -1.41. The van der Waals surface area contributed by atoms with Gasteiger partial charge in [0.2, 0.25) is 0 Å². The van der Waals surface area contributed by atoms with E-state index >= 15 is 0 Å². The van der Waals surface area contributed by atoms with Crippen molar-refractivity contribution in [2.75, 3.05) is 0 Å². The minimum Gasteiger partial charge on any atom is -0.344 e. The summed E-state index contributed by atoms with van der Waals surface area (Å²) < 4.78 is 2.22. The van der Waals surface area contributed by atoms with Gasteiger partial charge in [-0.2, -0.15) is 0 Å². The molecule has 1 aromatic heterocycles. The van der Waals surface area contributed by atoms with Crippen LogP contribution in [0.5, 0.6) is 0 Å². The smallest absolute Gasteiger partial charge is 0.0489 e. The van der Waals surface area contributed by atoms with E-state index in [9.17, 15) is 0 Å².